The lowest BCUT2D eigenvalue weighted by atomic mass is 10.1. The summed E-state index contributed by atoms with van der Waals surface area (Å²) in [7, 11) is 0. The van der Waals surface area contributed by atoms with Gasteiger partial charge in [-0.2, -0.15) is 0 Å². The molecule has 0 amide bonds. The Morgan fingerprint density at radius 3 is 2.89 bits per heavy atom. The number of fused-ring (bicyclic) bond motifs is 1. The van der Waals surface area contributed by atoms with Crippen molar-refractivity contribution in [3.8, 4) is 12.3 Å². The summed E-state index contributed by atoms with van der Waals surface area (Å²) >= 11 is 0. The van der Waals surface area contributed by atoms with Crippen LogP contribution in [0.3, 0.4) is 0 Å². The minimum Gasteiger partial charge on any atom is -0.480 e. The first kappa shape index (κ1) is 12.9. The van der Waals surface area contributed by atoms with Gasteiger partial charge in [-0.25, -0.2) is 0 Å². The largest absolute Gasteiger partial charge is 0.480 e. The second kappa shape index (κ2) is 5.40. The summed E-state index contributed by atoms with van der Waals surface area (Å²) in [4.78, 5) is 17.1. The fraction of sp³-hybridized carbons (Fsp3) is 0.200. The molecule has 0 aliphatic heterocycles. The van der Waals surface area contributed by atoms with Crippen LogP contribution in [0.5, 0.6) is 0 Å². The highest BCUT2D eigenvalue weighted by molar-refractivity contribution is 5.93. The van der Waals surface area contributed by atoms with Gasteiger partial charge >= 0.3 is 5.97 Å². The van der Waals surface area contributed by atoms with Crippen molar-refractivity contribution in [3.05, 3.63) is 36.0 Å². The van der Waals surface area contributed by atoms with Crippen LogP contribution in [0.1, 0.15) is 5.69 Å². The van der Waals surface area contributed by atoms with E-state index in [1.807, 2.05) is 37.3 Å². The average Bonchev–Trinajstić information content (AvgIpc) is 2.36. The zero-order valence-electron chi connectivity index (χ0n) is 10.6. The lowest BCUT2D eigenvalue weighted by molar-refractivity contribution is -0.135. The number of carboxylic acid groups (broad SMARTS) is 1. The number of hydrogen-bond acceptors (Lipinski definition) is 3. The topological polar surface area (TPSA) is 53.4 Å². The van der Waals surface area contributed by atoms with Gasteiger partial charge in [-0.1, -0.05) is 24.1 Å². The molecule has 0 radical (unpaired) electrons. The molecule has 0 fully saturated rings. The number of benzene rings is 1. The Labute approximate surface area is 111 Å². The second-order valence-corrected chi connectivity index (χ2v) is 4.25. The number of para-hydroxylation sites is 1. The van der Waals surface area contributed by atoms with E-state index in [9.17, 15) is 4.79 Å². The van der Waals surface area contributed by atoms with E-state index >= 15 is 0 Å². The number of carboxylic acids is 1. The molecule has 4 heteroatoms. The van der Waals surface area contributed by atoms with Crippen molar-refractivity contribution in [3.63, 3.8) is 0 Å². The van der Waals surface area contributed by atoms with Crippen molar-refractivity contribution >= 4 is 22.6 Å². The van der Waals surface area contributed by atoms with Crippen molar-refractivity contribution in [2.75, 3.05) is 18.0 Å². The van der Waals surface area contributed by atoms with E-state index in [-0.39, 0.29) is 13.1 Å². The van der Waals surface area contributed by atoms with Crippen LogP contribution >= 0.6 is 0 Å². The fourth-order valence-corrected chi connectivity index (χ4v) is 2.05. The maximum Gasteiger partial charge on any atom is 0.323 e. The summed E-state index contributed by atoms with van der Waals surface area (Å²) in [5, 5.41) is 9.89. The maximum atomic E-state index is 11.0. The molecule has 0 saturated heterocycles. The zero-order chi connectivity index (χ0) is 13.8. The standard InChI is InChI=1S/C15H14N2O2/c1-3-8-17(10-15(18)19)14-9-11(2)16-13-7-5-4-6-12(13)14/h1,4-7,9H,8,10H2,2H3,(H,18,19). The van der Waals surface area contributed by atoms with E-state index < -0.39 is 5.97 Å². The Balaban J connectivity index is 2.58. The van der Waals surface area contributed by atoms with Crippen molar-refractivity contribution in [1.29, 1.82) is 0 Å². The first-order valence-corrected chi connectivity index (χ1v) is 5.88. The lowest BCUT2D eigenvalue weighted by Crippen LogP contribution is -2.30. The Bertz CT molecular complexity index is 659. The van der Waals surface area contributed by atoms with E-state index in [1.165, 1.54) is 0 Å². The summed E-state index contributed by atoms with van der Waals surface area (Å²) in [6.45, 7) is 2.00. The van der Waals surface area contributed by atoms with E-state index in [0.717, 1.165) is 22.3 Å². The van der Waals surface area contributed by atoms with Gasteiger partial charge in [-0.05, 0) is 19.1 Å². The Kier molecular flexibility index (Phi) is 3.67. The van der Waals surface area contributed by atoms with Crippen molar-refractivity contribution in [2.24, 2.45) is 0 Å². The number of anilines is 1. The van der Waals surface area contributed by atoms with Gasteiger partial charge in [0, 0.05) is 16.8 Å². The summed E-state index contributed by atoms with van der Waals surface area (Å²) < 4.78 is 0. The molecular weight excluding hydrogens is 240 g/mol. The van der Waals surface area contributed by atoms with Crippen LogP contribution in [-0.4, -0.2) is 29.1 Å². The zero-order valence-corrected chi connectivity index (χ0v) is 10.6. The molecule has 2 aromatic rings. The van der Waals surface area contributed by atoms with Gasteiger partial charge in [0.05, 0.1) is 12.1 Å². The fourth-order valence-electron chi connectivity index (χ4n) is 2.05. The molecule has 1 aromatic carbocycles. The highest BCUT2D eigenvalue weighted by Crippen LogP contribution is 2.26. The molecule has 1 N–H and O–H groups in total. The molecule has 0 saturated carbocycles. The molecule has 4 nitrogen and oxygen atoms in total. The highest BCUT2D eigenvalue weighted by Gasteiger charge is 2.13. The molecular formula is C15H14N2O2. The second-order valence-electron chi connectivity index (χ2n) is 4.25. The van der Waals surface area contributed by atoms with Crippen LogP contribution in [0.4, 0.5) is 5.69 Å². The third-order valence-electron chi connectivity index (χ3n) is 2.77. The number of terminal acetylenes is 1. The average molecular weight is 254 g/mol. The predicted molar refractivity (Wildman–Crippen MR) is 75.2 cm³/mol. The van der Waals surface area contributed by atoms with Gasteiger partial charge in [-0.15, -0.1) is 6.42 Å². The number of aromatic nitrogens is 1. The SMILES string of the molecule is C#CCN(CC(=O)O)c1cc(C)nc2ccccc12. The maximum absolute atomic E-state index is 11.0. The predicted octanol–water partition coefficient (Wildman–Crippen LogP) is 2.07. The van der Waals surface area contributed by atoms with Crippen LogP contribution in [0.2, 0.25) is 0 Å². The van der Waals surface area contributed by atoms with Crippen molar-refractivity contribution in [2.45, 2.75) is 6.92 Å². The van der Waals surface area contributed by atoms with E-state index in [0.29, 0.717) is 0 Å². The molecule has 0 unspecified atom stereocenters. The van der Waals surface area contributed by atoms with Crippen LogP contribution in [0, 0.1) is 19.3 Å². The molecule has 19 heavy (non-hydrogen) atoms. The number of aliphatic carboxylic acids is 1. The Morgan fingerprint density at radius 1 is 1.47 bits per heavy atom. The number of rotatable bonds is 4. The molecule has 2 rings (SSSR count). The molecule has 1 heterocycles. The summed E-state index contributed by atoms with van der Waals surface area (Å²) in [6, 6.07) is 9.49. The molecule has 96 valence electrons. The third kappa shape index (κ3) is 2.83. The number of aryl methyl sites for hydroxylation is 1. The molecule has 0 aliphatic carbocycles. The first-order valence-electron chi connectivity index (χ1n) is 5.88. The quantitative estimate of drug-likeness (QED) is 0.849. The normalized spacial score (nSPS) is 10.1. The highest BCUT2D eigenvalue weighted by atomic mass is 16.4. The Hall–Kier alpha value is -2.54. The molecule has 0 bridgehead atoms. The smallest absolute Gasteiger partial charge is 0.323 e. The molecule has 0 atom stereocenters. The summed E-state index contributed by atoms with van der Waals surface area (Å²) in [5.41, 5.74) is 2.48. The van der Waals surface area contributed by atoms with Crippen molar-refractivity contribution in [1.82, 2.24) is 4.98 Å². The number of pyridine rings is 1. The van der Waals surface area contributed by atoms with Crippen LogP contribution in [0.15, 0.2) is 30.3 Å². The van der Waals surface area contributed by atoms with Gasteiger partial charge in [0.15, 0.2) is 0 Å². The van der Waals surface area contributed by atoms with E-state index in [2.05, 4.69) is 10.9 Å². The number of carbonyl (C=O) groups is 1. The van der Waals surface area contributed by atoms with Gasteiger partial charge in [0.2, 0.25) is 0 Å². The van der Waals surface area contributed by atoms with Crippen LogP contribution < -0.4 is 4.90 Å². The van der Waals surface area contributed by atoms with Gasteiger partial charge in [-0.3, -0.25) is 9.78 Å². The Morgan fingerprint density at radius 2 is 2.21 bits per heavy atom. The molecule has 1 aromatic heterocycles. The first-order chi connectivity index (χ1) is 9.11. The van der Waals surface area contributed by atoms with Crippen LogP contribution in [-0.2, 0) is 4.79 Å². The molecule has 0 spiro atoms. The third-order valence-corrected chi connectivity index (χ3v) is 2.77. The van der Waals surface area contributed by atoms with Crippen molar-refractivity contribution < 1.29 is 9.90 Å². The number of hydrogen-bond donors (Lipinski definition) is 1. The number of nitrogens with zero attached hydrogens (tertiary/aromatic N) is 2. The monoisotopic (exact) mass is 254 g/mol. The van der Waals surface area contributed by atoms with Gasteiger partial charge in [0.1, 0.15) is 6.54 Å². The van der Waals surface area contributed by atoms with Gasteiger partial charge < -0.3 is 10.0 Å². The van der Waals surface area contributed by atoms with E-state index in [4.69, 9.17) is 11.5 Å². The molecule has 0 aliphatic rings. The lowest BCUT2D eigenvalue weighted by Gasteiger charge is -2.22. The minimum atomic E-state index is -0.909. The van der Waals surface area contributed by atoms with E-state index in [1.54, 1.807) is 4.90 Å². The minimum absolute atomic E-state index is 0.127. The van der Waals surface area contributed by atoms with Crippen LogP contribution in [0.25, 0.3) is 10.9 Å². The summed E-state index contributed by atoms with van der Waals surface area (Å²) in [5.74, 6) is 1.59. The van der Waals surface area contributed by atoms with Gasteiger partial charge in [0.25, 0.3) is 0 Å². The summed E-state index contributed by atoms with van der Waals surface area (Å²) in [6.07, 6.45) is 5.32.